The molecule has 0 aromatic heterocycles. The SMILES string of the molecule is C=C(C)C1(CCCC)COC(C(C)(C)CO)OC1. The molecule has 0 spiro atoms. The van der Waals surface area contributed by atoms with Crippen molar-refractivity contribution in [3.8, 4) is 0 Å². The van der Waals surface area contributed by atoms with E-state index in [-0.39, 0.29) is 23.7 Å². The molecule has 1 rings (SSSR count). The van der Waals surface area contributed by atoms with Gasteiger partial charge in [0.1, 0.15) is 0 Å². The lowest BCUT2D eigenvalue weighted by molar-refractivity contribution is -0.268. The fourth-order valence-corrected chi connectivity index (χ4v) is 2.21. The Hall–Kier alpha value is -0.380. The topological polar surface area (TPSA) is 38.7 Å². The van der Waals surface area contributed by atoms with Gasteiger partial charge in [0.25, 0.3) is 0 Å². The second kappa shape index (κ2) is 6.18. The van der Waals surface area contributed by atoms with E-state index in [0.717, 1.165) is 18.4 Å². The molecule has 0 aromatic rings. The summed E-state index contributed by atoms with van der Waals surface area (Å²) in [6.45, 7) is 13.6. The molecule has 0 aromatic carbocycles. The van der Waals surface area contributed by atoms with Gasteiger partial charge < -0.3 is 14.6 Å². The Labute approximate surface area is 111 Å². The summed E-state index contributed by atoms with van der Waals surface area (Å²) in [5, 5.41) is 9.35. The quantitative estimate of drug-likeness (QED) is 0.742. The summed E-state index contributed by atoms with van der Waals surface area (Å²) in [4.78, 5) is 0. The van der Waals surface area contributed by atoms with Gasteiger partial charge in [0.2, 0.25) is 0 Å². The van der Waals surface area contributed by atoms with Gasteiger partial charge in [-0.05, 0) is 13.3 Å². The maximum atomic E-state index is 9.35. The molecule has 1 aliphatic heterocycles. The van der Waals surface area contributed by atoms with Gasteiger partial charge in [-0.25, -0.2) is 0 Å². The first-order chi connectivity index (χ1) is 8.38. The molecule has 1 N–H and O–H groups in total. The van der Waals surface area contributed by atoms with Gasteiger partial charge in [-0.3, -0.25) is 0 Å². The Kier molecular flexibility index (Phi) is 5.38. The molecule has 1 saturated heterocycles. The number of hydrogen-bond acceptors (Lipinski definition) is 3. The van der Waals surface area contributed by atoms with E-state index >= 15 is 0 Å². The minimum Gasteiger partial charge on any atom is -0.396 e. The van der Waals surface area contributed by atoms with E-state index in [4.69, 9.17) is 9.47 Å². The van der Waals surface area contributed by atoms with Crippen LogP contribution in [0.5, 0.6) is 0 Å². The second-order valence-electron chi connectivity index (χ2n) is 6.26. The van der Waals surface area contributed by atoms with Crippen molar-refractivity contribution in [2.24, 2.45) is 10.8 Å². The highest BCUT2D eigenvalue weighted by Gasteiger charge is 2.42. The molecule has 3 nitrogen and oxygen atoms in total. The van der Waals surface area contributed by atoms with Crippen LogP contribution in [0, 0.1) is 10.8 Å². The molecule has 18 heavy (non-hydrogen) atoms. The number of ether oxygens (including phenoxy) is 2. The molecule has 0 radical (unpaired) electrons. The van der Waals surface area contributed by atoms with E-state index in [0.29, 0.717) is 13.2 Å². The molecule has 106 valence electrons. The smallest absolute Gasteiger partial charge is 0.164 e. The number of aliphatic hydroxyl groups excluding tert-OH is 1. The predicted octanol–water partition coefficient (Wildman–Crippen LogP) is 3.13. The Morgan fingerprint density at radius 3 is 2.33 bits per heavy atom. The zero-order valence-electron chi connectivity index (χ0n) is 12.3. The van der Waals surface area contributed by atoms with E-state index in [2.05, 4.69) is 20.4 Å². The number of rotatable bonds is 6. The van der Waals surface area contributed by atoms with Gasteiger partial charge in [0, 0.05) is 10.8 Å². The highest BCUT2D eigenvalue weighted by atomic mass is 16.7. The Morgan fingerprint density at radius 2 is 1.94 bits per heavy atom. The minimum absolute atomic E-state index is 0.0436. The van der Waals surface area contributed by atoms with E-state index in [1.54, 1.807) is 0 Å². The Morgan fingerprint density at radius 1 is 1.39 bits per heavy atom. The zero-order valence-corrected chi connectivity index (χ0v) is 12.3. The average Bonchev–Trinajstić information content (AvgIpc) is 2.36. The van der Waals surface area contributed by atoms with Crippen molar-refractivity contribution in [2.45, 2.75) is 53.2 Å². The van der Waals surface area contributed by atoms with E-state index in [1.807, 2.05) is 13.8 Å². The normalized spacial score (nSPS) is 29.3. The molecule has 0 aliphatic carbocycles. The predicted molar refractivity (Wildman–Crippen MR) is 73.3 cm³/mol. The van der Waals surface area contributed by atoms with Gasteiger partial charge in [-0.1, -0.05) is 45.8 Å². The maximum absolute atomic E-state index is 9.35. The van der Waals surface area contributed by atoms with Crippen LogP contribution >= 0.6 is 0 Å². The van der Waals surface area contributed by atoms with Crippen molar-refractivity contribution in [1.82, 2.24) is 0 Å². The van der Waals surface area contributed by atoms with Crippen LogP contribution in [0.3, 0.4) is 0 Å². The van der Waals surface area contributed by atoms with Crippen LogP contribution in [-0.4, -0.2) is 31.2 Å². The highest BCUT2D eigenvalue weighted by Crippen LogP contribution is 2.39. The minimum atomic E-state index is -0.355. The van der Waals surface area contributed by atoms with Crippen LogP contribution < -0.4 is 0 Å². The van der Waals surface area contributed by atoms with Crippen molar-refractivity contribution >= 4 is 0 Å². The fourth-order valence-electron chi connectivity index (χ4n) is 2.21. The van der Waals surface area contributed by atoms with Crippen molar-refractivity contribution in [3.63, 3.8) is 0 Å². The molecule has 0 amide bonds. The van der Waals surface area contributed by atoms with Gasteiger partial charge in [-0.2, -0.15) is 0 Å². The van der Waals surface area contributed by atoms with Gasteiger partial charge in [0.05, 0.1) is 19.8 Å². The maximum Gasteiger partial charge on any atom is 0.164 e. The molecule has 0 atom stereocenters. The first-order valence-electron chi connectivity index (χ1n) is 6.88. The first-order valence-corrected chi connectivity index (χ1v) is 6.88. The monoisotopic (exact) mass is 256 g/mol. The molecule has 1 fully saturated rings. The summed E-state index contributed by atoms with van der Waals surface area (Å²) in [5.41, 5.74) is 0.737. The first kappa shape index (κ1) is 15.7. The third kappa shape index (κ3) is 3.34. The summed E-state index contributed by atoms with van der Waals surface area (Å²) >= 11 is 0. The summed E-state index contributed by atoms with van der Waals surface area (Å²) in [5.74, 6) is 0. The number of hydrogen-bond donors (Lipinski definition) is 1. The van der Waals surface area contributed by atoms with E-state index < -0.39 is 0 Å². The summed E-state index contributed by atoms with van der Waals surface area (Å²) in [6, 6.07) is 0. The lowest BCUT2D eigenvalue weighted by Gasteiger charge is -2.44. The lowest BCUT2D eigenvalue weighted by atomic mass is 9.77. The highest BCUT2D eigenvalue weighted by molar-refractivity contribution is 5.09. The summed E-state index contributed by atoms with van der Waals surface area (Å²) in [7, 11) is 0. The van der Waals surface area contributed by atoms with E-state index in [1.165, 1.54) is 6.42 Å². The van der Waals surface area contributed by atoms with Crippen LogP contribution in [0.2, 0.25) is 0 Å². The van der Waals surface area contributed by atoms with Crippen LogP contribution in [0.4, 0.5) is 0 Å². The molecule has 3 heteroatoms. The second-order valence-corrected chi connectivity index (χ2v) is 6.26. The third-order valence-electron chi connectivity index (χ3n) is 3.98. The number of unbranched alkanes of at least 4 members (excludes halogenated alkanes) is 1. The molecule has 0 saturated carbocycles. The average molecular weight is 256 g/mol. The van der Waals surface area contributed by atoms with Crippen LogP contribution in [0.1, 0.15) is 47.0 Å². The van der Waals surface area contributed by atoms with Crippen molar-refractivity contribution < 1.29 is 14.6 Å². The van der Waals surface area contributed by atoms with Crippen molar-refractivity contribution in [1.29, 1.82) is 0 Å². The van der Waals surface area contributed by atoms with Crippen LogP contribution in [0.25, 0.3) is 0 Å². The molecular weight excluding hydrogens is 228 g/mol. The molecule has 0 bridgehead atoms. The molecule has 1 heterocycles. The summed E-state index contributed by atoms with van der Waals surface area (Å²) < 4.78 is 11.7. The number of aliphatic hydroxyl groups is 1. The lowest BCUT2D eigenvalue weighted by Crippen LogP contribution is -2.48. The molecule has 1 aliphatic rings. The van der Waals surface area contributed by atoms with Crippen LogP contribution in [-0.2, 0) is 9.47 Å². The van der Waals surface area contributed by atoms with Gasteiger partial charge in [0.15, 0.2) is 6.29 Å². The van der Waals surface area contributed by atoms with Crippen molar-refractivity contribution in [2.75, 3.05) is 19.8 Å². The van der Waals surface area contributed by atoms with Crippen LogP contribution in [0.15, 0.2) is 12.2 Å². The zero-order chi connectivity index (χ0) is 13.8. The largest absolute Gasteiger partial charge is 0.396 e. The van der Waals surface area contributed by atoms with E-state index in [9.17, 15) is 5.11 Å². The van der Waals surface area contributed by atoms with Gasteiger partial charge >= 0.3 is 0 Å². The fraction of sp³-hybridized carbons (Fsp3) is 0.867. The summed E-state index contributed by atoms with van der Waals surface area (Å²) in [6.07, 6.45) is 3.07. The standard InChI is InChI=1S/C15H28O3/c1-6-7-8-15(12(2)3)10-17-13(18-11-15)14(4,5)9-16/h13,16H,2,6-11H2,1,3-5H3. The Bertz CT molecular complexity index is 275. The third-order valence-corrected chi connectivity index (χ3v) is 3.98. The molecule has 0 unspecified atom stereocenters. The molecular formula is C15H28O3. The Balaban J connectivity index is 2.66. The van der Waals surface area contributed by atoms with Gasteiger partial charge in [-0.15, -0.1) is 0 Å². The van der Waals surface area contributed by atoms with Crippen molar-refractivity contribution in [3.05, 3.63) is 12.2 Å².